The third-order valence-electron chi connectivity index (χ3n) is 4.57. The number of para-hydroxylation sites is 1. The smallest absolute Gasteiger partial charge is 0.244 e. The molecule has 136 valence electrons. The molecule has 0 unspecified atom stereocenters. The Hall–Kier alpha value is -3.54. The first-order valence-electron chi connectivity index (χ1n) is 8.66. The van der Waals surface area contributed by atoms with Crippen molar-refractivity contribution in [3.05, 3.63) is 67.0 Å². The number of fused-ring (bicyclic) bond motifs is 1. The summed E-state index contributed by atoms with van der Waals surface area (Å²) in [7, 11) is 3.50. The number of carbonyl (C=O) groups excluding carboxylic acids is 1. The molecule has 6 nitrogen and oxygen atoms in total. The summed E-state index contributed by atoms with van der Waals surface area (Å²) < 4.78 is 9.17. The number of hydrogen-bond acceptors (Lipinski definition) is 3. The van der Waals surface area contributed by atoms with Crippen molar-refractivity contribution in [1.29, 1.82) is 0 Å². The lowest BCUT2D eigenvalue weighted by molar-refractivity contribution is -0.116. The normalized spacial score (nSPS) is 10.9. The zero-order valence-electron chi connectivity index (χ0n) is 15.2. The van der Waals surface area contributed by atoms with Crippen molar-refractivity contribution in [3.8, 4) is 17.0 Å². The second-order valence-corrected chi connectivity index (χ2v) is 6.31. The van der Waals surface area contributed by atoms with Crippen LogP contribution in [0.3, 0.4) is 0 Å². The summed E-state index contributed by atoms with van der Waals surface area (Å²) in [4.78, 5) is 12.6. The largest absolute Gasteiger partial charge is 0.496 e. The summed E-state index contributed by atoms with van der Waals surface area (Å²) >= 11 is 0. The molecule has 2 aromatic carbocycles. The Bertz CT molecular complexity index is 1110. The minimum atomic E-state index is -0.0857. The summed E-state index contributed by atoms with van der Waals surface area (Å²) in [6.45, 7) is 0.251. The lowest BCUT2D eigenvalue weighted by atomic mass is 10.1. The van der Waals surface area contributed by atoms with Crippen molar-refractivity contribution < 1.29 is 9.53 Å². The highest BCUT2D eigenvalue weighted by atomic mass is 16.5. The van der Waals surface area contributed by atoms with E-state index < -0.39 is 0 Å². The number of ether oxygens (including phenoxy) is 1. The number of anilines is 1. The number of methoxy groups -OCH3 is 1. The Kier molecular flexibility index (Phi) is 4.38. The number of aromatic nitrogens is 3. The average molecular weight is 360 g/mol. The Morgan fingerprint density at radius 2 is 2.00 bits per heavy atom. The Morgan fingerprint density at radius 3 is 2.78 bits per heavy atom. The molecule has 0 saturated heterocycles. The number of amides is 1. The van der Waals surface area contributed by atoms with Gasteiger partial charge in [-0.25, -0.2) is 0 Å². The lowest BCUT2D eigenvalue weighted by Gasteiger charge is -2.12. The van der Waals surface area contributed by atoms with Gasteiger partial charge in [-0.15, -0.1) is 0 Å². The molecule has 4 aromatic rings. The average Bonchev–Trinajstić information content (AvgIpc) is 3.28. The minimum Gasteiger partial charge on any atom is -0.496 e. The molecule has 0 aliphatic rings. The summed E-state index contributed by atoms with van der Waals surface area (Å²) in [6, 6.07) is 17.5. The highest BCUT2D eigenvalue weighted by Gasteiger charge is 2.12. The van der Waals surface area contributed by atoms with E-state index in [1.54, 1.807) is 18.0 Å². The van der Waals surface area contributed by atoms with E-state index in [0.29, 0.717) is 5.69 Å². The van der Waals surface area contributed by atoms with E-state index in [9.17, 15) is 4.79 Å². The van der Waals surface area contributed by atoms with Crippen molar-refractivity contribution in [2.75, 3.05) is 12.4 Å². The zero-order chi connectivity index (χ0) is 18.8. The van der Waals surface area contributed by atoms with Crippen molar-refractivity contribution in [3.63, 3.8) is 0 Å². The quantitative estimate of drug-likeness (QED) is 0.590. The highest BCUT2D eigenvalue weighted by molar-refractivity contribution is 5.93. The molecule has 2 heterocycles. The van der Waals surface area contributed by atoms with Gasteiger partial charge in [0.05, 0.1) is 12.8 Å². The Morgan fingerprint density at radius 1 is 1.15 bits per heavy atom. The molecule has 27 heavy (non-hydrogen) atoms. The van der Waals surface area contributed by atoms with E-state index in [4.69, 9.17) is 4.74 Å². The van der Waals surface area contributed by atoms with E-state index in [1.165, 1.54) is 0 Å². The van der Waals surface area contributed by atoms with Gasteiger partial charge in [-0.3, -0.25) is 9.48 Å². The summed E-state index contributed by atoms with van der Waals surface area (Å²) in [5.41, 5.74) is 3.55. The maximum atomic E-state index is 12.6. The molecule has 6 heteroatoms. The van der Waals surface area contributed by atoms with E-state index >= 15 is 0 Å². The number of nitrogens with zero attached hydrogens (tertiary/aromatic N) is 3. The van der Waals surface area contributed by atoms with Crippen LogP contribution in [0.2, 0.25) is 0 Å². The van der Waals surface area contributed by atoms with Gasteiger partial charge in [0.25, 0.3) is 0 Å². The third kappa shape index (κ3) is 3.29. The second kappa shape index (κ2) is 6.99. The SMILES string of the molecule is COc1ccc(NC(=O)Cn2ccc3ccccc32)cc1-c1ccnn1C. The predicted molar refractivity (Wildman–Crippen MR) is 106 cm³/mol. The van der Waals surface area contributed by atoms with Crippen LogP contribution >= 0.6 is 0 Å². The van der Waals surface area contributed by atoms with Crippen LogP contribution in [0, 0.1) is 0 Å². The maximum absolute atomic E-state index is 12.6. The van der Waals surface area contributed by atoms with Crippen molar-refractivity contribution in [1.82, 2.24) is 14.3 Å². The number of benzene rings is 2. The molecule has 0 spiro atoms. The molecule has 1 amide bonds. The topological polar surface area (TPSA) is 61.1 Å². The summed E-state index contributed by atoms with van der Waals surface area (Å²) in [6.07, 6.45) is 3.66. The molecular formula is C21H20N4O2. The van der Waals surface area contributed by atoms with E-state index in [0.717, 1.165) is 27.9 Å². The lowest BCUT2D eigenvalue weighted by Crippen LogP contribution is -2.18. The minimum absolute atomic E-state index is 0.0857. The van der Waals surface area contributed by atoms with Gasteiger partial charge in [0.15, 0.2) is 0 Å². The fourth-order valence-electron chi connectivity index (χ4n) is 3.26. The predicted octanol–water partition coefficient (Wildman–Crippen LogP) is 3.69. The molecule has 0 aliphatic carbocycles. The van der Waals surface area contributed by atoms with Gasteiger partial charge in [-0.2, -0.15) is 5.10 Å². The molecule has 1 N–H and O–H groups in total. The fourth-order valence-corrected chi connectivity index (χ4v) is 3.26. The van der Waals surface area contributed by atoms with E-state index in [-0.39, 0.29) is 12.5 Å². The summed E-state index contributed by atoms with van der Waals surface area (Å²) in [5, 5.41) is 8.30. The number of hydrogen-bond donors (Lipinski definition) is 1. The number of nitrogens with one attached hydrogen (secondary N) is 1. The first-order chi connectivity index (χ1) is 13.2. The van der Waals surface area contributed by atoms with Crippen LogP contribution in [0.5, 0.6) is 5.75 Å². The van der Waals surface area contributed by atoms with Crippen LogP contribution in [-0.4, -0.2) is 27.4 Å². The van der Waals surface area contributed by atoms with Crippen molar-refractivity contribution in [2.24, 2.45) is 7.05 Å². The van der Waals surface area contributed by atoms with Crippen LogP contribution in [-0.2, 0) is 18.4 Å². The molecule has 0 fully saturated rings. The maximum Gasteiger partial charge on any atom is 0.244 e. The summed E-state index contributed by atoms with van der Waals surface area (Å²) in [5.74, 6) is 0.644. The van der Waals surface area contributed by atoms with Gasteiger partial charge in [0.1, 0.15) is 12.3 Å². The zero-order valence-corrected chi connectivity index (χ0v) is 15.2. The standard InChI is InChI=1S/C21H20N4O2/c1-24-19(9-11-22-24)17-13-16(7-8-20(17)27-2)23-21(26)14-25-12-10-15-5-3-4-6-18(15)25/h3-13H,14H2,1-2H3,(H,23,26). The van der Waals surface area contributed by atoms with Gasteiger partial charge in [-0.1, -0.05) is 18.2 Å². The van der Waals surface area contributed by atoms with Crippen LogP contribution in [0.4, 0.5) is 5.69 Å². The van der Waals surface area contributed by atoms with Crippen LogP contribution in [0.25, 0.3) is 22.2 Å². The number of rotatable bonds is 5. The molecule has 0 radical (unpaired) electrons. The Labute approximate surface area is 157 Å². The monoisotopic (exact) mass is 360 g/mol. The molecule has 0 saturated carbocycles. The van der Waals surface area contributed by atoms with E-state index in [1.807, 2.05) is 72.4 Å². The van der Waals surface area contributed by atoms with Crippen LogP contribution in [0.1, 0.15) is 0 Å². The molecule has 2 aromatic heterocycles. The molecule has 4 rings (SSSR count). The van der Waals surface area contributed by atoms with E-state index in [2.05, 4.69) is 10.4 Å². The molecule has 0 atom stereocenters. The first-order valence-corrected chi connectivity index (χ1v) is 8.66. The van der Waals surface area contributed by atoms with Crippen molar-refractivity contribution in [2.45, 2.75) is 6.54 Å². The number of carbonyl (C=O) groups is 1. The number of aryl methyl sites for hydroxylation is 1. The van der Waals surface area contributed by atoms with Gasteiger partial charge < -0.3 is 14.6 Å². The molecule has 0 bridgehead atoms. The van der Waals surface area contributed by atoms with Crippen LogP contribution < -0.4 is 10.1 Å². The van der Waals surface area contributed by atoms with Crippen molar-refractivity contribution >= 4 is 22.5 Å². The van der Waals surface area contributed by atoms with Gasteiger partial charge in [0.2, 0.25) is 5.91 Å². The third-order valence-corrected chi connectivity index (χ3v) is 4.57. The Balaban J connectivity index is 1.57. The fraction of sp³-hybridized carbons (Fsp3) is 0.143. The molecule has 0 aliphatic heterocycles. The second-order valence-electron chi connectivity index (χ2n) is 6.31. The molecular weight excluding hydrogens is 340 g/mol. The van der Waals surface area contributed by atoms with Gasteiger partial charge in [-0.05, 0) is 41.8 Å². The van der Waals surface area contributed by atoms with Crippen LogP contribution in [0.15, 0.2) is 67.0 Å². The van der Waals surface area contributed by atoms with Gasteiger partial charge in [0, 0.05) is 36.2 Å². The van der Waals surface area contributed by atoms with Gasteiger partial charge >= 0.3 is 0 Å². The highest BCUT2D eigenvalue weighted by Crippen LogP contribution is 2.32. The first kappa shape index (κ1) is 16.9.